The number of nitriles is 1. The van der Waals surface area contributed by atoms with Crippen molar-refractivity contribution in [2.75, 3.05) is 37.7 Å². The van der Waals surface area contributed by atoms with Gasteiger partial charge in [-0.25, -0.2) is 0 Å². The van der Waals surface area contributed by atoms with E-state index in [9.17, 15) is 10.1 Å². The molecular weight excluding hydrogens is 290 g/mol. The molecule has 5 heteroatoms. The van der Waals surface area contributed by atoms with Crippen molar-refractivity contribution in [2.24, 2.45) is 0 Å². The predicted molar refractivity (Wildman–Crippen MR) is 91.0 cm³/mol. The summed E-state index contributed by atoms with van der Waals surface area (Å²) in [4.78, 5) is 14.2. The van der Waals surface area contributed by atoms with Crippen molar-refractivity contribution in [2.45, 2.75) is 19.8 Å². The second-order valence-electron chi connectivity index (χ2n) is 5.47. The summed E-state index contributed by atoms with van der Waals surface area (Å²) in [7, 11) is 0. The minimum Gasteiger partial charge on any atom is -0.378 e. The third-order valence-electron chi connectivity index (χ3n) is 3.76. The van der Waals surface area contributed by atoms with Crippen LogP contribution < -0.4 is 10.2 Å². The number of hydrogen-bond donors (Lipinski definition) is 1. The first kappa shape index (κ1) is 17.0. The molecular formula is C18H23N3O2. The fourth-order valence-electron chi connectivity index (χ4n) is 2.39. The van der Waals surface area contributed by atoms with E-state index in [0.29, 0.717) is 6.54 Å². The van der Waals surface area contributed by atoms with Crippen LogP contribution in [0, 0.1) is 11.3 Å². The molecule has 122 valence electrons. The summed E-state index contributed by atoms with van der Waals surface area (Å²) in [6, 6.07) is 9.87. The Morgan fingerprint density at radius 1 is 1.35 bits per heavy atom. The van der Waals surface area contributed by atoms with Gasteiger partial charge in [-0.15, -0.1) is 0 Å². The zero-order chi connectivity index (χ0) is 16.5. The standard InChI is InChI=1S/C18H23N3O2/c1-2-3-8-20-18(22)16(14-19)13-15-4-6-17(7-5-15)21-9-11-23-12-10-21/h4-7,13H,2-3,8-12H2,1H3,(H,20,22)/b16-13+. The van der Waals surface area contributed by atoms with Gasteiger partial charge in [0.1, 0.15) is 11.6 Å². The molecule has 1 fully saturated rings. The smallest absolute Gasteiger partial charge is 0.261 e. The minimum atomic E-state index is -0.307. The lowest BCUT2D eigenvalue weighted by Crippen LogP contribution is -2.36. The van der Waals surface area contributed by atoms with Crippen LogP contribution >= 0.6 is 0 Å². The largest absolute Gasteiger partial charge is 0.378 e. The van der Waals surface area contributed by atoms with Gasteiger partial charge in [-0.05, 0) is 30.2 Å². The number of unbranched alkanes of at least 4 members (excludes halogenated alkanes) is 1. The van der Waals surface area contributed by atoms with Crippen LogP contribution in [0.5, 0.6) is 0 Å². The number of carbonyl (C=O) groups is 1. The number of nitrogens with zero attached hydrogens (tertiary/aromatic N) is 2. The second-order valence-corrected chi connectivity index (χ2v) is 5.47. The van der Waals surface area contributed by atoms with Crippen LogP contribution in [-0.2, 0) is 9.53 Å². The second kappa shape index (κ2) is 8.96. The summed E-state index contributed by atoms with van der Waals surface area (Å²) in [5.74, 6) is -0.307. The molecule has 5 nitrogen and oxygen atoms in total. The van der Waals surface area contributed by atoms with E-state index < -0.39 is 0 Å². The van der Waals surface area contributed by atoms with Gasteiger partial charge in [0, 0.05) is 25.3 Å². The Kier molecular flexibility index (Phi) is 6.64. The number of rotatable bonds is 6. The highest BCUT2D eigenvalue weighted by Crippen LogP contribution is 2.18. The summed E-state index contributed by atoms with van der Waals surface area (Å²) in [6.45, 7) is 5.93. The van der Waals surface area contributed by atoms with Crippen molar-refractivity contribution in [3.8, 4) is 6.07 Å². The van der Waals surface area contributed by atoms with E-state index in [0.717, 1.165) is 50.4 Å². The third-order valence-corrected chi connectivity index (χ3v) is 3.76. The molecule has 1 aliphatic rings. The summed E-state index contributed by atoms with van der Waals surface area (Å²) in [5.41, 5.74) is 2.13. The molecule has 1 heterocycles. The fourth-order valence-corrected chi connectivity index (χ4v) is 2.39. The molecule has 1 aliphatic heterocycles. The highest BCUT2D eigenvalue weighted by atomic mass is 16.5. The van der Waals surface area contributed by atoms with Gasteiger partial charge in [-0.2, -0.15) is 5.26 Å². The van der Waals surface area contributed by atoms with Gasteiger partial charge in [0.2, 0.25) is 0 Å². The summed E-state index contributed by atoms with van der Waals surface area (Å²) < 4.78 is 5.35. The van der Waals surface area contributed by atoms with Crippen LogP contribution in [0.1, 0.15) is 25.3 Å². The highest BCUT2D eigenvalue weighted by Gasteiger charge is 2.11. The molecule has 0 unspecified atom stereocenters. The Morgan fingerprint density at radius 2 is 2.04 bits per heavy atom. The molecule has 0 spiro atoms. The molecule has 1 amide bonds. The first-order chi connectivity index (χ1) is 11.2. The average Bonchev–Trinajstić information content (AvgIpc) is 2.61. The summed E-state index contributed by atoms with van der Waals surface area (Å²) in [5, 5.41) is 11.9. The lowest BCUT2D eigenvalue weighted by molar-refractivity contribution is -0.117. The first-order valence-corrected chi connectivity index (χ1v) is 8.07. The van der Waals surface area contributed by atoms with E-state index in [1.54, 1.807) is 6.08 Å². The Hall–Kier alpha value is -2.32. The molecule has 0 aliphatic carbocycles. The number of carbonyl (C=O) groups excluding carboxylic acids is 1. The van der Waals surface area contributed by atoms with Gasteiger partial charge in [-0.1, -0.05) is 25.5 Å². The van der Waals surface area contributed by atoms with Crippen LogP contribution in [0.25, 0.3) is 6.08 Å². The molecule has 0 aromatic heterocycles. The SMILES string of the molecule is CCCCNC(=O)/C(C#N)=C/c1ccc(N2CCOCC2)cc1. The van der Waals surface area contributed by atoms with Gasteiger partial charge in [0.05, 0.1) is 13.2 Å². The van der Waals surface area contributed by atoms with Crippen LogP contribution in [0.15, 0.2) is 29.8 Å². The maximum absolute atomic E-state index is 11.9. The van der Waals surface area contributed by atoms with Gasteiger partial charge >= 0.3 is 0 Å². The van der Waals surface area contributed by atoms with Crippen LogP contribution in [0.3, 0.4) is 0 Å². The molecule has 1 aromatic rings. The van der Waals surface area contributed by atoms with Gasteiger partial charge in [0.15, 0.2) is 0 Å². The third kappa shape index (κ3) is 5.11. The molecule has 1 N–H and O–H groups in total. The van der Waals surface area contributed by atoms with Crippen molar-refractivity contribution in [3.63, 3.8) is 0 Å². The molecule has 2 rings (SSSR count). The molecule has 0 saturated carbocycles. The Balaban J connectivity index is 2.02. The predicted octanol–water partition coefficient (Wildman–Crippen LogP) is 2.35. The van der Waals surface area contributed by atoms with E-state index in [1.807, 2.05) is 30.3 Å². The van der Waals surface area contributed by atoms with Crippen LogP contribution in [-0.4, -0.2) is 38.8 Å². The van der Waals surface area contributed by atoms with E-state index in [2.05, 4.69) is 17.1 Å². The van der Waals surface area contributed by atoms with Crippen molar-refractivity contribution in [3.05, 3.63) is 35.4 Å². The normalized spacial score (nSPS) is 15.1. The zero-order valence-corrected chi connectivity index (χ0v) is 13.5. The number of ether oxygens (including phenoxy) is 1. The minimum absolute atomic E-state index is 0.139. The summed E-state index contributed by atoms with van der Waals surface area (Å²) >= 11 is 0. The number of benzene rings is 1. The highest BCUT2D eigenvalue weighted by molar-refractivity contribution is 6.01. The Labute approximate surface area is 137 Å². The first-order valence-electron chi connectivity index (χ1n) is 8.07. The van der Waals surface area contributed by atoms with E-state index in [-0.39, 0.29) is 11.5 Å². The van der Waals surface area contributed by atoms with E-state index in [1.165, 1.54) is 0 Å². The van der Waals surface area contributed by atoms with Crippen LogP contribution in [0.4, 0.5) is 5.69 Å². The molecule has 0 radical (unpaired) electrons. The fraction of sp³-hybridized carbons (Fsp3) is 0.444. The molecule has 0 atom stereocenters. The summed E-state index contributed by atoms with van der Waals surface area (Å²) in [6.07, 6.45) is 3.55. The van der Waals surface area contributed by atoms with E-state index >= 15 is 0 Å². The molecule has 0 bridgehead atoms. The number of nitrogens with one attached hydrogen (secondary N) is 1. The number of amides is 1. The monoisotopic (exact) mass is 313 g/mol. The molecule has 1 aromatic carbocycles. The van der Waals surface area contributed by atoms with Crippen molar-refractivity contribution in [1.29, 1.82) is 5.26 Å². The Morgan fingerprint density at radius 3 is 2.65 bits per heavy atom. The topological polar surface area (TPSA) is 65.4 Å². The molecule has 1 saturated heterocycles. The van der Waals surface area contributed by atoms with Crippen molar-refractivity contribution < 1.29 is 9.53 Å². The Bertz CT molecular complexity index is 581. The average molecular weight is 313 g/mol. The quantitative estimate of drug-likeness (QED) is 0.497. The zero-order valence-electron chi connectivity index (χ0n) is 13.5. The van der Waals surface area contributed by atoms with Crippen molar-refractivity contribution in [1.82, 2.24) is 5.32 Å². The maximum Gasteiger partial charge on any atom is 0.261 e. The number of morpholine rings is 1. The van der Waals surface area contributed by atoms with Crippen molar-refractivity contribution >= 4 is 17.7 Å². The van der Waals surface area contributed by atoms with Crippen LogP contribution in [0.2, 0.25) is 0 Å². The number of anilines is 1. The lowest BCUT2D eigenvalue weighted by Gasteiger charge is -2.28. The van der Waals surface area contributed by atoms with Gasteiger partial charge < -0.3 is 15.0 Å². The van der Waals surface area contributed by atoms with Gasteiger partial charge in [0.25, 0.3) is 5.91 Å². The van der Waals surface area contributed by atoms with E-state index in [4.69, 9.17) is 4.74 Å². The maximum atomic E-state index is 11.9. The lowest BCUT2D eigenvalue weighted by atomic mass is 10.1. The number of hydrogen-bond acceptors (Lipinski definition) is 4. The molecule has 23 heavy (non-hydrogen) atoms. The van der Waals surface area contributed by atoms with Gasteiger partial charge in [-0.3, -0.25) is 4.79 Å².